The Morgan fingerprint density at radius 3 is 2.55 bits per heavy atom. The Labute approximate surface area is 68.5 Å². The minimum atomic E-state index is 0.269. The van der Waals surface area contributed by atoms with Gasteiger partial charge in [-0.1, -0.05) is 0 Å². The van der Waals surface area contributed by atoms with E-state index in [1.165, 1.54) is 32.2 Å². The standard InChI is InChI=1S/C9H17NO/c1-10-7-3-4-8(10)9(11-2)5-6-9/h8H,3-7H2,1-2H3/t8-/m0/s1. The van der Waals surface area contributed by atoms with Crippen LogP contribution in [0.15, 0.2) is 0 Å². The average molecular weight is 155 g/mol. The first-order valence-electron chi connectivity index (χ1n) is 4.54. The van der Waals surface area contributed by atoms with Gasteiger partial charge in [0.15, 0.2) is 0 Å². The molecule has 0 aromatic heterocycles. The van der Waals surface area contributed by atoms with Crippen LogP contribution >= 0.6 is 0 Å². The van der Waals surface area contributed by atoms with Gasteiger partial charge in [-0.25, -0.2) is 0 Å². The smallest absolute Gasteiger partial charge is 0.0835 e. The Bertz CT molecular complexity index is 154. The van der Waals surface area contributed by atoms with E-state index in [9.17, 15) is 0 Å². The van der Waals surface area contributed by atoms with Crippen LogP contribution in [-0.2, 0) is 4.74 Å². The van der Waals surface area contributed by atoms with Crippen LogP contribution in [0.1, 0.15) is 25.7 Å². The molecular weight excluding hydrogens is 138 g/mol. The average Bonchev–Trinajstić information content (AvgIpc) is 2.70. The topological polar surface area (TPSA) is 12.5 Å². The van der Waals surface area contributed by atoms with Gasteiger partial charge in [0.25, 0.3) is 0 Å². The highest BCUT2D eigenvalue weighted by atomic mass is 16.5. The highest BCUT2D eigenvalue weighted by molar-refractivity contribution is 5.06. The summed E-state index contributed by atoms with van der Waals surface area (Å²) in [5.41, 5.74) is 0.269. The number of hydrogen-bond donors (Lipinski definition) is 0. The van der Waals surface area contributed by atoms with Crippen LogP contribution in [-0.4, -0.2) is 37.2 Å². The monoisotopic (exact) mass is 155 g/mol. The summed E-state index contributed by atoms with van der Waals surface area (Å²) in [5, 5.41) is 0. The lowest BCUT2D eigenvalue weighted by Gasteiger charge is -2.27. The minimum Gasteiger partial charge on any atom is -0.377 e. The summed E-state index contributed by atoms with van der Waals surface area (Å²) < 4.78 is 5.56. The normalized spacial score (nSPS) is 36.0. The Kier molecular flexibility index (Phi) is 1.69. The molecule has 2 nitrogen and oxygen atoms in total. The van der Waals surface area contributed by atoms with E-state index >= 15 is 0 Å². The van der Waals surface area contributed by atoms with Crippen molar-refractivity contribution < 1.29 is 4.74 Å². The third kappa shape index (κ3) is 1.09. The Hall–Kier alpha value is -0.0800. The van der Waals surface area contributed by atoms with Gasteiger partial charge in [-0.15, -0.1) is 0 Å². The Morgan fingerprint density at radius 2 is 2.18 bits per heavy atom. The van der Waals surface area contributed by atoms with Gasteiger partial charge in [-0.05, 0) is 39.3 Å². The predicted molar refractivity (Wildman–Crippen MR) is 44.6 cm³/mol. The second-order valence-electron chi connectivity index (χ2n) is 3.91. The van der Waals surface area contributed by atoms with E-state index < -0.39 is 0 Å². The maximum Gasteiger partial charge on any atom is 0.0835 e. The first-order chi connectivity index (χ1) is 5.28. The summed E-state index contributed by atoms with van der Waals surface area (Å²) >= 11 is 0. The summed E-state index contributed by atoms with van der Waals surface area (Å²) in [6.07, 6.45) is 5.24. The van der Waals surface area contributed by atoms with Crippen molar-refractivity contribution >= 4 is 0 Å². The van der Waals surface area contributed by atoms with Crippen molar-refractivity contribution in [2.45, 2.75) is 37.3 Å². The van der Waals surface area contributed by atoms with Crippen LogP contribution in [0.4, 0.5) is 0 Å². The molecule has 0 bridgehead atoms. The van der Waals surface area contributed by atoms with Crippen LogP contribution in [0, 0.1) is 0 Å². The molecule has 2 aliphatic rings. The molecule has 1 atom stereocenters. The molecule has 11 heavy (non-hydrogen) atoms. The van der Waals surface area contributed by atoms with Crippen molar-refractivity contribution in [2.75, 3.05) is 20.7 Å². The minimum absolute atomic E-state index is 0.269. The van der Waals surface area contributed by atoms with Crippen molar-refractivity contribution in [3.63, 3.8) is 0 Å². The zero-order chi connectivity index (χ0) is 7.90. The number of ether oxygens (including phenoxy) is 1. The van der Waals surface area contributed by atoms with Crippen LogP contribution < -0.4 is 0 Å². The largest absolute Gasteiger partial charge is 0.377 e. The van der Waals surface area contributed by atoms with Crippen molar-refractivity contribution in [2.24, 2.45) is 0 Å². The maximum atomic E-state index is 5.56. The fourth-order valence-corrected chi connectivity index (χ4v) is 2.37. The van der Waals surface area contributed by atoms with Gasteiger partial charge in [0.2, 0.25) is 0 Å². The van der Waals surface area contributed by atoms with E-state index in [-0.39, 0.29) is 5.60 Å². The van der Waals surface area contributed by atoms with Gasteiger partial charge in [0, 0.05) is 13.2 Å². The van der Waals surface area contributed by atoms with Gasteiger partial charge in [-0.3, -0.25) is 0 Å². The fraction of sp³-hybridized carbons (Fsp3) is 1.00. The molecule has 0 aromatic carbocycles. The van der Waals surface area contributed by atoms with Crippen molar-refractivity contribution in [3.05, 3.63) is 0 Å². The molecule has 2 rings (SSSR count). The summed E-state index contributed by atoms with van der Waals surface area (Å²) in [6.45, 7) is 1.26. The van der Waals surface area contributed by atoms with E-state index in [2.05, 4.69) is 11.9 Å². The zero-order valence-electron chi connectivity index (χ0n) is 7.47. The quantitative estimate of drug-likeness (QED) is 0.595. The molecule has 0 spiro atoms. The van der Waals surface area contributed by atoms with Crippen molar-refractivity contribution in [1.82, 2.24) is 4.90 Å². The summed E-state index contributed by atoms with van der Waals surface area (Å²) in [6, 6.07) is 0.715. The predicted octanol–water partition coefficient (Wildman–Crippen LogP) is 1.26. The van der Waals surface area contributed by atoms with Crippen LogP contribution in [0.25, 0.3) is 0 Å². The van der Waals surface area contributed by atoms with Crippen molar-refractivity contribution in [3.8, 4) is 0 Å². The molecule has 64 valence electrons. The zero-order valence-corrected chi connectivity index (χ0v) is 7.47. The van der Waals surface area contributed by atoms with Gasteiger partial charge in [0.1, 0.15) is 0 Å². The molecule has 1 heterocycles. The van der Waals surface area contributed by atoms with Gasteiger partial charge in [-0.2, -0.15) is 0 Å². The third-order valence-electron chi connectivity index (χ3n) is 3.28. The number of rotatable bonds is 2. The summed E-state index contributed by atoms with van der Waals surface area (Å²) in [5.74, 6) is 0. The fourth-order valence-electron chi connectivity index (χ4n) is 2.37. The lowest BCUT2D eigenvalue weighted by molar-refractivity contribution is 0.0177. The SMILES string of the molecule is COC1([C@@H]2CCCN2C)CC1. The van der Waals surface area contributed by atoms with E-state index in [1.807, 2.05) is 7.11 Å². The molecule has 0 aromatic rings. The Balaban J connectivity index is 2.03. The number of methoxy groups -OCH3 is 1. The third-order valence-corrected chi connectivity index (χ3v) is 3.28. The second-order valence-corrected chi connectivity index (χ2v) is 3.91. The van der Waals surface area contributed by atoms with Crippen molar-refractivity contribution in [1.29, 1.82) is 0 Å². The molecule has 1 aliphatic carbocycles. The molecule has 2 heteroatoms. The lowest BCUT2D eigenvalue weighted by atomic mass is 10.1. The molecule has 0 N–H and O–H groups in total. The van der Waals surface area contributed by atoms with Gasteiger partial charge < -0.3 is 9.64 Å². The number of nitrogens with zero attached hydrogens (tertiary/aromatic N) is 1. The first kappa shape index (κ1) is 7.56. The highest BCUT2D eigenvalue weighted by Crippen LogP contribution is 2.46. The second kappa shape index (κ2) is 2.46. The molecular formula is C9H17NO. The molecule has 0 amide bonds. The number of hydrogen-bond acceptors (Lipinski definition) is 2. The van der Waals surface area contributed by atoms with E-state index in [0.29, 0.717) is 6.04 Å². The maximum absolute atomic E-state index is 5.56. The molecule has 0 unspecified atom stereocenters. The summed E-state index contributed by atoms with van der Waals surface area (Å²) in [4.78, 5) is 2.45. The van der Waals surface area contributed by atoms with Gasteiger partial charge >= 0.3 is 0 Å². The molecule has 1 saturated heterocycles. The van der Waals surface area contributed by atoms with E-state index in [1.54, 1.807) is 0 Å². The van der Waals surface area contributed by atoms with Crippen LogP contribution in [0.2, 0.25) is 0 Å². The lowest BCUT2D eigenvalue weighted by Crippen LogP contribution is -2.39. The first-order valence-corrected chi connectivity index (χ1v) is 4.54. The molecule has 1 aliphatic heterocycles. The van der Waals surface area contributed by atoms with E-state index in [4.69, 9.17) is 4.74 Å². The molecule has 1 saturated carbocycles. The summed E-state index contributed by atoms with van der Waals surface area (Å²) in [7, 11) is 4.08. The molecule has 0 radical (unpaired) electrons. The number of likely N-dealkylation sites (N-methyl/N-ethyl adjacent to an activating group) is 1. The Morgan fingerprint density at radius 1 is 1.45 bits per heavy atom. The van der Waals surface area contributed by atoms with Crippen LogP contribution in [0.5, 0.6) is 0 Å². The molecule has 2 fully saturated rings. The van der Waals surface area contributed by atoms with Crippen LogP contribution in [0.3, 0.4) is 0 Å². The van der Waals surface area contributed by atoms with E-state index in [0.717, 1.165) is 0 Å². The van der Waals surface area contributed by atoms with Gasteiger partial charge in [0.05, 0.1) is 5.60 Å². The number of likely N-dealkylation sites (tertiary alicyclic amines) is 1. The highest BCUT2D eigenvalue weighted by Gasteiger charge is 2.52.